The summed E-state index contributed by atoms with van der Waals surface area (Å²) in [7, 11) is 0. The zero-order valence-corrected chi connectivity index (χ0v) is 23.9. The zero-order valence-electron chi connectivity index (χ0n) is 23.9. The molecular weight excluding hydrogens is 456 g/mol. The van der Waals surface area contributed by atoms with Crippen molar-refractivity contribution >= 4 is 11.9 Å². The Labute approximate surface area is 218 Å². The number of carbonyl (C=O) groups is 2. The summed E-state index contributed by atoms with van der Waals surface area (Å²) in [6, 6.07) is 9.65. The van der Waals surface area contributed by atoms with Gasteiger partial charge in [-0.05, 0) is 79.3 Å². The molecule has 0 spiro atoms. The van der Waals surface area contributed by atoms with Gasteiger partial charge in [-0.25, -0.2) is 0 Å². The molecule has 1 aromatic rings. The molecule has 0 saturated carbocycles. The molecule has 0 heterocycles. The van der Waals surface area contributed by atoms with Crippen molar-refractivity contribution in [3.05, 3.63) is 35.9 Å². The predicted molar refractivity (Wildman–Crippen MR) is 144 cm³/mol. The van der Waals surface area contributed by atoms with Crippen LogP contribution in [-0.4, -0.2) is 49.4 Å². The SMILES string of the molecule is CC(C)(CCN)OCCC(C)(C)C(=O)NCCC(C)(C)OCCC(C)(C)C(=O)OCc1ccccc1. The molecule has 0 bridgehead atoms. The lowest BCUT2D eigenvalue weighted by atomic mass is 9.88. The minimum Gasteiger partial charge on any atom is -0.460 e. The van der Waals surface area contributed by atoms with E-state index >= 15 is 0 Å². The Morgan fingerprint density at radius 3 is 1.86 bits per heavy atom. The van der Waals surface area contributed by atoms with Gasteiger partial charge in [0.2, 0.25) is 5.91 Å². The summed E-state index contributed by atoms with van der Waals surface area (Å²) in [5.41, 5.74) is 4.70. The van der Waals surface area contributed by atoms with E-state index in [-0.39, 0.29) is 24.1 Å². The largest absolute Gasteiger partial charge is 0.460 e. The van der Waals surface area contributed by atoms with Gasteiger partial charge in [-0.2, -0.15) is 0 Å². The molecule has 0 aliphatic heterocycles. The Morgan fingerprint density at radius 1 is 0.778 bits per heavy atom. The Balaban J connectivity index is 2.36. The van der Waals surface area contributed by atoms with Crippen LogP contribution in [-0.2, 0) is 30.4 Å². The maximum absolute atomic E-state index is 12.7. The fraction of sp³-hybridized carbons (Fsp3) is 0.724. The van der Waals surface area contributed by atoms with Gasteiger partial charge >= 0.3 is 5.97 Å². The van der Waals surface area contributed by atoms with Gasteiger partial charge in [-0.15, -0.1) is 0 Å². The fourth-order valence-corrected chi connectivity index (χ4v) is 3.51. The average Bonchev–Trinajstić information content (AvgIpc) is 2.77. The number of rotatable bonds is 17. The van der Waals surface area contributed by atoms with Gasteiger partial charge < -0.3 is 25.3 Å². The molecule has 0 saturated heterocycles. The van der Waals surface area contributed by atoms with Crippen molar-refractivity contribution in [1.29, 1.82) is 0 Å². The second-order valence-electron chi connectivity index (χ2n) is 12.1. The molecule has 0 unspecified atom stereocenters. The normalized spacial score (nSPS) is 12.9. The minimum atomic E-state index is -0.649. The van der Waals surface area contributed by atoms with E-state index in [0.717, 1.165) is 12.0 Å². The molecule has 0 aliphatic carbocycles. The van der Waals surface area contributed by atoms with Gasteiger partial charge in [0, 0.05) is 25.2 Å². The maximum Gasteiger partial charge on any atom is 0.311 e. The standard InChI is InChI=1S/C29H50N2O5/c1-26(2,16-20-35-28(5,6)14-18-30)24(32)31-19-15-29(7,8)36-21-17-27(3,4)25(33)34-22-23-12-10-9-11-13-23/h9-13H,14-22,30H2,1-8H3,(H,31,32). The topological polar surface area (TPSA) is 99.9 Å². The molecule has 7 heteroatoms. The molecule has 0 fully saturated rings. The molecule has 0 aliphatic rings. The van der Waals surface area contributed by atoms with Crippen LogP contribution in [0.1, 0.15) is 86.6 Å². The highest BCUT2D eigenvalue weighted by Gasteiger charge is 2.31. The monoisotopic (exact) mass is 506 g/mol. The van der Waals surface area contributed by atoms with Gasteiger partial charge in [-0.3, -0.25) is 9.59 Å². The summed E-state index contributed by atoms with van der Waals surface area (Å²) >= 11 is 0. The molecule has 0 atom stereocenters. The quantitative estimate of drug-likeness (QED) is 0.288. The van der Waals surface area contributed by atoms with Crippen LogP contribution in [0.5, 0.6) is 0 Å². The van der Waals surface area contributed by atoms with Crippen molar-refractivity contribution in [2.24, 2.45) is 16.6 Å². The number of nitrogens with two attached hydrogens (primary N) is 1. The van der Waals surface area contributed by atoms with E-state index in [1.165, 1.54) is 0 Å². The number of benzene rings is 1. The van der Waals surface area contributed by atoms with Crippen molar-refractivity contribution in [3.63, 3.8) is 0 Å². The number of ether oxygens (including phenoxy) is 3. The highest BCUT2D eigenvalue weighted by atomic mass is 16.5. The van der Waals surface area contributed by atoms with Crippen LogP contribution in [0.15, 0.2) is 30.3 Å². The van der Waals surface area contributed by atoms with E-state index in [0.29, 0.717) is 45.6 Å². The molecule has 0 aromatic heterocycles. The van der Waals surface area contributed by atoms with Crippen LogP contribution >= 0.6 is 0 Å². The van der Waals surface area contributed by atoms with Crippen LogP contribution in [0.4, 0.5) is 0 Å². The zero-order chi connectivity index (χ0) is 27.5. The Bertz CT molecular complexity index is 803. The molecule has 36 heavy (non-hydrogen) atoms. The molecule has 1 amide bonds. The second-order valence-corrected chi connectivity index (χ2v) is 12.1. The third kappa shape index (κ3) is 12.3. The van der Waals surface area contributed by atoms with Gasteiger partial charge in [0.15, 0.2) is 0 Å². The van der Waals surface area contributed by atoms with Gasteiger partial charge in [0.1, 0.15) is 6.61 Å². The van der Waals surface area contributed by atoms with Crippen molar-refractivity contribution < 1.29 is 23.8 Å². The fourth-order valence-electron chi connectivity index (χ4n) is 3.51. The highest BCUT2D eigenvalue weighted by molar-refractivity contribution is 5.81. The van der Waals surface area contributed by atoms with Crippen molar-refractivity contribution in [1.82, 2.24) is 5.32 Å². The van der Waals surface area contributed by atoms with Crippen LogP contribution < -0.4 is 11.1 Å². The summed E-state index contributed by atoms with van der Waals surface area (Å²) in [6.07, 6.45) is 2.61. The Morgan fingerprint density at radius 2 is 1.31 bits per heavy atom. The summed E-state index contributed by atoms with van der Waals surface area (Å²) in [5.74, 6) is -0.238. The van der Waals surface area contributed by atoms with E-state index < -0.39 is 16.4 Å². The van der Waals surface area contributed by atoms with E-state index in [1.54, 1.807) is 0 Å². The Hall–Kier alpha value is -1.96. The molecule has 0 radical (unpaired) electrons. The third-order valence-electron chi connectivity index (χ3n) is 6.58. The first-order valence-electron chi connectivity index (χ1n) is 13.1. The first-order chi connectivity index (χ1) is 16.6. The number of amides is 1. The molecular formula is C29H50N2O5. The maximum atomic E-state index is 12.7. The lowest BCUT2D eigenvalue weighted by molar-refractivity contribution is -0.157. The minimum absolute atomic E-state index is 0.000765. The van der Waals surface area contributed by atoms with E-state index in [1.807, 2.05) is 85.7 Å². The van der Waals surface area contributed by atoms with Crippen molar-refractivity contribution in [2.45, 2.75) is 98.9 Å². The number of esters is 1. The third-order valence-corrected chi connectivity index (χ3v) is 6.58. The second kappa shape index (κ2) is 14.1. The first-order valence-corrected chi connectivity index (χ1v) is 13.1. The lowest BCUT2D eigenvalue weighted by Crippen LogP contribution is -2.41. The molecule has 3 N–H and O–H groups in total. The van der Waals surface area contributed by atoms with Crippen LogP contribution in [0.25, 0.3) is 0 Å². The average molecular weight is 507 g/mol. The molecule has 206 valence electrons. The molecule has 1 aromatic carbocycles. The number of hydrogen-bond donors (Lipinski definition) is 2. The van der Waals surface area contributed by atoms with Crippen LogP contribution in [0.3, 0.4) is 0 Å². The number of hydrogen-bond acceptors (Lipinski definition) is 6. The summed E-state index contributed by atoms with van der Waals surface area (Å²) in [5, 5.41) is 3.04. The Kier molecular flexibility index (Phi) is 12.6. The predicted octanol–water partition coefficient (Wildman–Crippen LogP) is 5.01. The van der Waals surface area contributed by atoms with E-state index in [2.05, 4.69) is 5.32 Å². The first kappa shape index (κ1) is 32.1. The highest BCUT2D eigenvalue weighted by Crippen LogP contribution is 2.26. The number of nitrogens with one attached hydrogen (secondary N) is 1. The number of carbonyl (C=O) groups excluding carboxylic acids is 2. The van der Waals surface area contributed by atoms with Gasteiger partial charge in [0.25, 0.3) is 0 Å². The molecule has 1 rings (SSSR count). The summed E-state index contributed by atoms with van der Waals surface area (Å²) in [4.78, 5) is 25.3. The lowest BCUT2D eigenvalue weighted by Gasteiger charge is -2.30. The van der Waals surface area contributed by atoms with E-state index in [4.69, 9.17) is 19.9 Å². The van der Waals surface area contributed by atoms with Crippen LogP contribution in [0, 0.1) is 10.8 Å². The van der Waals surface area contributed by atoms with Gasteiger partial charge in [-0.1, -0.05) is 44.2 Å². The van der Waals surface area contributed by atoms with Crippen molar-refractivity contribution in [2.75, 3.05) is 26.3 Å². The summed E-state index contributed by atoms with van der Waals surface area (Å²) in [6.45, 7) is 17.9. The summed E-state index contributed by atoms with van der Waals surface area (Å²) < 4.78 is 17.5. The van der Waals surface area contributed by atoms with E-state index in [9.17, 15) is 9.59 Å². The smallest absolute Gasteiger partial charge is 0.311 e. The van der Waals surface area contributed by atoms with Gasteiger partial charge in [0.05, 0.1) is 16.6 Å². The molecule has 7 nitrogen and oxygen atoms in total. The van der Waals surface area contributed by atoms with Crippen molar-refractivity contribution in [3.8, 4) is 0 Å². The van der Waals surface area contributed by atoms with Crippen LogP contribution in [0.2, 0.25) is 0 Å².